The van der Waals surface area contributed by atoms with E-state index >= 15 is 0 Å². The van der Waals surface area contributed by atoms with Crippen molar-refractivity contribution in [3.8, 4) is 0 Å². The van der Waals surface area contributed by atoms with Gasteiger partial charge in [0, 0.05) is 18.8 Å². The molecule has 2 N–H and O–H groups in total. The van der Waals surface area contributed by atoms with Gasteiger partial charge in [0.2, 0.25) is 5.60 Å². The van der Waals surface area contributed by atoms with Crippen molar-refractivity contribution in [2.24, 2.45) is 5.92 Å². The van der Waals surface area contributed by atoms with E-state index in [-0.39, 0.29) is 5.92 Å². The zero-order valence-corrected chi connectivity index (χ0v) is 7.88. The number of piperidine rings is 3. The van der Waals surface area contributed by atoms with Crippen LogP contribution in [0.4, 0.5) is 0 Å². The highest BCUT2D eigenvalue weighted by Gasteiger charge is 2.54. The van der Waals surface area contributed by atoms with Crippen LogP contribution in [0, 0.1) is 5.92 Å². The number of nitrogens with one attached hydrogen (secondary N) is 1. The van der Waals surface area contributed by atoms with Crippen molar-refractivity contribution in [2.45, 2.75) is 18.4 Å². The molecule has 0 aromatic heterocycles. The fraction of sp³-hybridized carbons (Fsp3) is 0.889. The second kappa shape index (κ2) is 2.96. The summed E-state index contributed by atoms with van der Waals surface area (Å²) in [5, 5.41) is 10.1. The van der Waals surface area contributed by atoms with Crippen molar-refractivity contribution >= 4 is 5.97 Å². The average Bonchev–Trinajstić information content (AvgIpc) is 2.18. The first-order valence-electron chi connectivity index (χ1n) is 4.81. The van der Waals surface area contributed by atoms with Gasteiger partial charge >= 0.3 is 5.97 Å². The number of hydrogen-bond acceptors (Lipinski definition) is 3. The molecular weight excluding hydrogens is 170 g/mol. The van der Waals surface area contributed by atoms with E-state index in [2.05, 4.69) is 4.74 Å². The van der Waals surface area contributed by atoms with Gasteiger partial charge in [0.05, 0.1) is 20.2 Å². The highest BCUT2D eigenvalue weighted by Crippen LogP contribution is 2.28. The first-order chi connectivity index (χ1) is 6.16. The van der Waals surface area contributed by atoms with Gasteiger partial charge in [0.25, 0.3) is 0 Å². The van der Waals surface area contributed by atoms with Crippen molar-refractivity contribution in [3.63, 3.8) is 0 Å². The van der Waals surface area contributed by atoms with Crippen molar-refractivity contribution in [1.29, 1.82) is 0 Å². The fourth-order valence-electron chi connectivity index (χ4n) is 2.62. The van der Waals surface area contributed by atoms with E-state index < -0.39 is 11.6 Å². The summed E-state index contributed by atoms with van der Waals surface area (Å²) in [4.78, 5) is 12.7. The van der Waals surface area contributed by atoms with Gasteiger partial charge in [-0.25, -0.2) is 4.79 Å². The van der Waals surface area contributed by atoms with Gasteiger partial charge in [-0.15, -0.1) is 0 Å². The molecule has 4 nitrogen and oxygen atoms in total. The number of fused-ring (bicyclic) bond motifs is 3. The molecule has 3 saturated heterocycles. The zero-order valence-electron chi connectivity index (χ0n) is 7.88. The van der Waals surface area contributed by atoms with Gasteiger partial charge in [-0.1, -0.05) is 0 Å². The molecule has 74 valence electrons. The molecule has 3 aliphatic heterocycles. The molecule has 0 spiro atoms. The topological polar surface area (TPSA) is 51.0 Å². The number of ether oxygens (including phenoxy) is 1. The van der Waals surface area contributed by atoms with E-state index in [4.69, 9.17) is 0 Å². The van der Waals surface area contributed by atoms with E-state index in [1.54, 1.807) is 0 Å². The molecule has 3 rings (SSSR count). The average molecular weight is 186 g/mol. The van der Waals surface area contributed by atoms with Crippen molar-refractivity contribution in [2.75, 3.05) is 26.7 Å². The van der Waals surface area contributed by atoms with Crippen LogP contribution in [0.3, 0.4) is 0 Å². The van der Waals surface area contributed by atoms with Gasteiger partial charge in [-0.2, -0.15) is 0 Å². The lowest BCUT2D eigenvalue weighted by molar-refractivity contribution is -0.923. The monoisotopic (exact) mass is 186 g/mol. The number of hydrogen-bond donors (Lipinski definition) is 2. The Hall–Kier alpha value is -0.610. The highest BCUT2D eigenvalue weighted by atomic mass is 16.5. The third kappa shape index (κ3) is 1.25. The molecule has 0 aliphatic carbocycles. The summed E-state index contributed by atoms with van der Waals surface area (Å²) < 4.78 is 4.64. The Morgan fingerprint density at radius 3 is 2.54 bits per heavy atom. The van der Waals surface area contributed by atoms with Crippen LogP contribution in [0.5, 0.6) is 0 Å². The predicted octanol–water partition coefficient (Wildman–Crippen LogP) is -1.80. The number of rotatable bonds is 1. The SMILES string of the molecule is COC(=O)[C@@]1(O)C[NH+]2CCC1CC2. The van der Waals surface area contributed by atoms with Crippen LogP contribution in [0.15, 0.2) is 0 Å². The van der Waals surface area contributed by atoms with E-state index in [1.165, 1.54) is 12.0 Å². The minimum Gasteiger partial charge on any atom is -0.467 e. The first-order valence-corrected chi connectivity index (χ1v) is 4.81. The van der Waals surface area contributed by atoms with E-state index in [9.17, 15) is 9.90 Å². The van der Waals surface area contributed by atoms with Crippen LogP contribution in [0.1, 0.15) is 12.8 Å². The fourth-order valence-corrected chi connectivity index (χ4v) is 2.62. The van der Waals surface area contributed by atoms with Gasteiger partial charge in [0.1, 0.15) is 6.54 Å². The lowest BCUT2D eigenvalue weighted by Crippen LogP contribution is -3.18. The minimum absolute atomic E-state index is 0.123. The molecule has 0 aromatic rings. The molecule has 0 radical (unpaired) electrons. The molecule has 4 heteroatoms. The Bertz CT molecular complexity index is 223. The van der Waals surface area contributed by atoms with Crippen LogP contribution in [-0.4, -0.2) is 43.4 Å². The van der Waals surface area contributed by atoms with E-state index in [0.29, 0.717) is 6.54 Å². The third-order valence-electron chi connectivity index (χ3n) is 3.43. The smallest absolute Gasteiger partial charge is 0.344 e. The summed E-state index contributed by atoms with van der Waals surface area (Å²) in [7, 11) is 1.34. The number of aliphatic hydroxyl groups is 1. The second-order valence-electron chi connectivity index (χ2n) is 4.12. The van der Waals surface area contributed by atoms with Crippen molar-refractivity contribution < 1.29 is 19.5 Å². The number of methoxy groups -OCH3 is 1. The standard InChI is InChI=1S/C9H15NO3/c1-13-8(11)9(12)6-10-4-2-7(9)3-5-10/h7,12H,2-6H2,1H3/p+1/t9-/m1/s1. The van der Waals surface area contributed by atoms with Crippen LogP contribution in [0.25, 0.3) is 0 Å². The van der Waals surface area contributed by atoms with Gasteiger partial charge < -0.3 is 14.7 Å². The summed E-state index contributed by atoms with van der Waals surface area (Å²) in [6.07, 6.45) is 1.89. The molecule has 3 heterocycles. The molecule has 2 bridgehead atoms. The maximum Gasteiger partial charge on any atom is 0.344 e. The number of carbonyl (C=O) groups is 1. The summed E-state index contributed by atoms with van der Waals surface area (Å²) in [5.74, 6) is -0.327. The zero-order chi connectivity index (χ0) is 9.47. The predicted molar refractivity (Wildman–Crippen MR) is 45.3 cm³/mol. The summed E-state index contributed by atoms with van der Waals surface area (Å²) >= 11 is 0. The summed E-state index contributed by atoms with van der Waals surface area (Å²) in [6, 6.07) is 0. The molecule has 13 heavy (non-hydrogen) atoms. The highest BCUT2D eigenvalue weighted by molar-refractivity contribution is 5.80. The first kappa shape index (κ1) is 8.97. The largest absolute Gasteiger partial charge is 0.467 e. The van der Waals surface area contributed by atoms with Crippen LogP contribution in [0.2, 0.25) is 0 Å². The van der Waals surface area contributed by atoms with Gasteiger partial charge in [-0.05, 0) is 0 Å². The molecule has 0 aromatic carbocycles. The number of esters is 1. The molecule has 0 amide bonds. The number of carbonyl (C=O) groups excluding carboxylic acids is 1. The molecule has 1 atom stereocenters. The van der Waals surface area contributed by atoms with E-state index in [0.717, 1.165) is 25.9 Å². The molecule has 3 fully saturated rings. The van der Waals surface area contributed by atoms with Crippen molar-refractivity contribution in [3.05, 3.63) is 0 Å². The Balaban J connectivity index is 2.18. The molecule has 0 unspecified atom stereocenters. The quantitative estimate of drug-likeness (QED) is 0.475. The molecule has 0 saturated carbocycles. The third-order valence-corrected chi connectivity index (χ3v) is 3.43. The lowest BCUT2D eigenvalue weighted by atomic mass is 9.75. The number of quaternary nitrogens is 1. The Labute approximate surface area is 77.5 Å². The Morgan fingerprint density at radius 2 is 2.15 bits per heavy atom. The van der Waals surface area contributed by atoms with Gasteiger partial charge in [-0.3, -0.25) is 0 Å². The summed E-state index contributed by atoms with van der Waals surface area (Å²) in [5.41, 5.74) is -1.19. The van der Waals surface area contributed by atoms with Gasteiger partial charge in [0.15, 0.2) is 0 Å². The maximum absolute atomic E-state index is 11.4. The Kier molecular flexibility index (Phi) is 2.04. The summed E-state index contributed by atoms with van der Waals surface area (Å²) in [6.45, 7) is 2.71. The molecular formula is C9H16NO3+. The van der Waals surface area contributed by atoms with Crippen LogP contribution >= 0.6 is 0 Å². The molecule has 3 aliphatic rings. The lowest BCUT2D eigenvalue weighted by Gasteiger charge is -2.45. The Morgan fingerprint density at radius 1 is 1.54 bits per heavy atom. The normalized spacial score (nSPS) is 43.2. The minimum atomic E-state index is -1.19. The van der Waals surface area contributed by atoms with Crippen LogP contribution in [-0.2, 0) is 9.53 Å². The second-order valence-corrected chi connectivity index (χ2v) is 4.12. The van der Waals surface area contributed by atoms with Crippen LogP contribution < -0.4 is 4.90 Å². The maximum atomic E-state index is 11.4. The van der Waals surface area contributed by atoms with Crippen molar-refractivity contribution in [1.82, 2.24) is 0 Å². The van der Waals surface area contributed by atoms with E-state index in [1.807, 2.05) is 0 Å².